The van der Waals surface area contributed by atoms with Gasteiger partial charge >= 0.3 is 0 Å². The van der Waals surface area contributed by atoms with E-state index in [2.05, 4.69) is 50.5 Å². The van der Waals surface area contributed by atoms with E-state index in [0.29, 0.717) is 43.4 Å². The molecule has 1 amide bonds. The summed E-state index contributed by atoms with van der Waals surface area (Å²) in [5, 5.41) is 2.97. The molecule has 0 bridgehead atoms. The second-order valence-electron chi connectivity index (χ2n) is 9.03. The van der Waals surface area contributed by atoms with E-state index in [4.69, 9.17) is 19.2 Å². The van der Waals surface area contributed by atoms with Gasteiger partial charge in [-0.15, -0.1) is 0 Å². The molecule has 1 aliphatic heterocycles. The lowest BCUT2D eigenvalue weighted by molar-refractivity contribution is -0.113. The highest BCUT2D eigenvalue weighted by molar-refractivity contribution is 14.1. The summed E-state index contributed by atoms with van der Waals surface area (Å²) in [4.78, 5) is 33.1. The molecule has 8 nitrogen and oxygen atoms in total. The molecule has 0 fully saturated rings. The number of methoxy groups -OCH3 is 3. The number of anilines is 1. The van der Waals surface area contributed by atoms with Crippen LogP contribution in [-0.2, 0) is 4.79 Å². The molecule has 0 saturated heterocycles. The second-order valence-corrected chi connectivity index (χ2v) is 12.4. The van der Waals surface area contributed by atoms with Crippen LogP contribution < -0.4 is 34.4 Å². The van der Waals surface area contributed by atoms with Gasteiger partial charge < -0.3 is 19.5 Å². The SMILES string of the molecule is COc1ccc([C@H]2C(C(=O)Nc3ccccc3)=C(C)N=c3s/c(=C\c4cc(I)c(OC)c(I)c4)c(=O)n32)c(OC)c1. The van der Waals surface area contributed by atoms with Crippen molar-refractivity contribution in [3.63, 3.8) is 0 Å². The lowest BCUT2D eigenvalue weighted by Crippen LogP contribution is -2.40. The van der Waals surface area contributed by atoms with Gasteiger partial charge in [-0.05, 0) is 100 Å². The van der Waals surface area contributed by atoms with E-state index in [1.807, 2.05) is 54.6 Å². The molecule has 41 heavy (non-hydrogen) atoms. The summed E-state index contributed by atoms with van der Waals surface area (Å²) in [5.74, 6) is 1.52. The van der Waals surface area contributed by atoms with Crippen molar-refractivity contribution < 1.29 is 19.0 Å². The third kappa shape index (κ3) is 5.79. The van der Waals surface area contributed by atoms with Crippen molar-refractivity contribution in [3.8, 4) is 17.2 Å². The fourth-order valence-electron chi connectivity index (χ4n) is 4.68. The Morgan fingerprint density at radius 1 is 1.00 bits per heavy atom. The molecule has 0 aliphatic carbocycles. The maximum Gasteiger partial charge on any atom is 0.271 e. The van der Waals surface area contributed by atoms with Gasteiger partial charge in [-0.1, -0.05) is 29.5 Å². The fourth-order valence-corrected chi connectivity index (χ4v) is 7.98. The summed E-state index contributed by atoms with van der Waals surface area (Å²) in [6, 6.07) is 17.7. The van der Waals surface area contributed by atoms with Gasteiger partial charge in [0.25, 0.3) is 11.5 Å². The Kier molecular flexibility index (Phi) is 8.85. The number of carbonyl (C=O) groups excluding carboxylic acids is 1. The molecule has 0 unspecified atom stereocenters. The number of ether oxygens (including phenoxy) is 3. The quantitative estimate of drug-likeness (QED) is 0.263. The van der Waals surface area contributed by atoms with E-state index in [9.17, 15) is 9.59 Å². The Morgan fingerprint density at radius 2 is 1.71 bits per heavy atom. The molecule has 1 N–H and O–H groups in total. The summed E-state index contributed by atoms with van der Waals surface area (Å²) in [6.07, 6.45) is 1.85. The largest absolute Gasteiger partial charge is 0.497 e. The highest BCUT2D eigenvalue weighted by Crippen LogP contribution is 2.37. The Balaban J connectivity index is 1.72. The lowest BCUT2D eigenvalue weighted by atomic mass is 9.94. The number of amides is 1. The Bertz CT molecular complexity index is 1840. The zero-order valence-electron chi connectivity index (χ0n) is 22.5. The summed E-state index contributed by atoms with van der Waals surface area (Å²) >= 11 is 5.72. The van der Waals surface area contributed by atoms with Crippen LogP contribution in [0.3, 0.4) is 0 Å². The number of nitrogens with one attached hydrogen (secondary N) is 1. The lowest BCUT2D eigenvalue weighted by Gasteiger charge is -2.26. The van der Waals surface area contributed by atoms with Gasteiger partial charge in [0.05, 0.1) is 44.3 Å². The molecule has 2 heterocycles. The van der Waals surface area contributed by atoms with Crippen LogP contribution in [0, 0.1) is 7.14 Å². The minimum absolute atomic E-state index is 0.255. The predicted octanol–water partition coefficient (Wildman–Crippen LogP) is 5.11. The van der Waals surface area contributed by atoms with Gasteiger partial charge in [0.1, 0.15) is 23.3 Å². The van der Waals surface area contributed by atoms with Crippen molar-refractivity contribution in [1.82, 2.24) is 4.57 Å². The molecule has 0 saturated carbocycles. The Labute approximate surface area is 267 Å². The average molecular weight is 793 g/mol. The van der Waals surface area contributed by atoms with E-state index in [1.54, 1.807) is 45.0 Å². The number of allylic oxidation sites excluding steroid dienone is 1. The number of para-hydroxylation sites is 1. The third-order valence-electron chi connectivity index (χ3n) is 6.56. The van der Waals surface area contributed by atoms with Crippen LogP contribution in [0.25, 0.3) is 6.08 Å². The van der Waals surface area contributed by atoms with Crippen LogP contribution in [0.1, 0.15) is 24.1 Å². The molecule has 4 aromatic rings. The average Bonchev–Trinajstić information content (AvgIpc) is 3.26. The van der Waals surface area contributed by atoms with Crippen molar-refractivity contribution in [2.45, 2.75) is 13.0 Å². The standard InChI is InChI=1S/C30H25I2N3O5S/c1-16-25(28(36)34-18-8-6-5-7-9-18)26(20-11-10-19(38-2)15-23(20)39-3)35-29(37)24(41-30(35)33-16)14-17-12-21(31)27(40-4)22(32)13-17/h5-15,26H,1-4H3,(H,34,36)/b24-14-/t26-/m0/s1. The topological polar surface area (TPSA) is 91.2 Å². The molecular formula is C30H25I2N3O5S. The van der Waals surface area contributed by atoms with Crippen molar-refractivity contribution in [2.75, 3.05) is 26.6 Å². The van der Waals surface area contributed by atoms with E-state index in [0.717, 1.165) is 18.5 Å². The Hall–Kier alpha value is -3.17. The smallest absolute Gasteiger partial charge is 0.271 e. The van der Waals surface area contributed by atoms with Gasteiger partial charge in [-0.3, -0.25) is 14.2 Å². The summed E-state index contributed by atoms with van der Waals surface area (Å²) < 4.78 is 20.6. The van der Waals surface area contributed by atoms with Crippen molar-refractivity contribution in [3.05, 3.63) is 110 Å². The number of hydrogen-bond donors (Lipinski definition) is 1. The molecule has 210 valence electrons. The maximum absolute atomic E-state index is 14.1. The highest BCUT2D eigenvalue weighted by atomic mass is 127. The molecule has 5 rings (SSSR count). The predicted molar refractivity (Wildman–Crippen MR) is 177 cm³/mol. The normalized spacial score (nSPS) is 14.8. The number of halogens is 2. The molecule has 11 heteroatoms. The zero-order chi connectivity index (χ0) is 29.3. The minimum Gasteiger partial charge on any atom is -0.497 e. The van der Waals surface area contributed by atoms with Gasteiger partial charge in [0, 0.05) is 17.3 Å². The summed E-state index contributed by atoms with van der Waals surface area (Å²) in [5.41, 5.74) is 2.75. The molecule has 0 radical (unpaired) electrons. The summed E-state index contributed by atoms with van der Waals surface area (Å²) in [6.45, 7) is 1.79. The maximum atomic E-state index is 14.1. The van der Waals surface area contributed by atoms with Gasteiger partial charge in [0.2, 0.25) is 0 Å². The Morgan fingerprint density at radius 3 is 2.34 bits per heavy atom. The zero-order valence-corrected chi connectivity index (χ0v) is 27.7. The number of nitrogens with zero attached hydrogens (tertiary/aromatic N) is 2. The van der Waals surface area contributed by atoms with Crippen LogP contribution in [0.15, 0.2) is 81.7 Å². The summed E-state index contributed by atoms with van der Waals surface area (Å²) in [7, 11) is 4.76. The van der Waals surface area contributed by atoms with Crippen molar-refractivity contribution in [1.29, 1.82) is 0 Å². The van der Waals surface area contributed by atoms with Gasteiger partial charge in [-0.2, -0.15) is 0 Å². The molecule has 1 atom stereocenters. The van der Waals surface area contributed by atoms with Crippen LogP contribution in [-0.4, -0.2) is 31.8 Å². The minimum atomic E-state index is -0.783. The first-order chi connectivity index (χ1) is 19.7. The van der Waals surface area contributed by atoms with Crippen molar-refractivity contribution in [2.24, 2.45) is 4.99 Å². The number of thiazole rings is 1. The molecule has 1 aliphatic rings. The third-order valence-corrected chi connectivity index (χ3v) is 9.14. The number of carbonyl (C=O) groups is 1. The molecule has 1 aromatic heterocycles. The molecule has 3 aromatic carbocycles. The van der Waals surface area contributed by atoms with E-state index >= 15 is 0 Å². The monoisotopic (exact) mass is 793 g/mol. The number of benzene rings is 3. The van der Waals surface area contributed by atoms with Gasteiger partial charge in [-0.25, -0.2) is 4.99 Å². The number of aromatic nitrogens is 1. The first kappa shape index (κ1) is 29.3. The van der Waals surface area contributed by atoms with E-state index in [1.165, 1.54) is 11.3 Å². The van der Waals surface area contributed by atoms with Crippen LogP contribution in [0.2, 0.25) is 0 Å². The second kappa shape index (κ2) is 12.4. The fraction of sp³-hybridized carbons (Fsp3) is 0.167. The van der Waals surface area contributed by atoms with Crippen LogP contribution in [0.5, 0.6) is 17.2 Å². The van der Waals surface area contributed by atoms with Crippen molar-refractivity contribution >= 4 is 74.2 Å². The number of fused-ring (bicyclic) bond motifs is 1. The van der Waals surface area contributed by atoms with Crippen LogP contribution >= 0.6 is 56.5 Å². The highest BCUT2D eigenvalue weighted by Gasteiger charge is 2.34. The first-order valence-electron chi connectivity index (χ1n) is 12.4. The number of rotatable bonds is 7. The van der Waals surface area contributed by atoms with Crippen LogP contribution in [0.4, 0.5) is 5.69 Å². The number of hydrogen-bond acceptors (Lipinski definition) is 7. The van der Waals surface area contributed by atoms with Gasteiger partial charge in [0.15, 0.2) is 4.80 Å². The van der Waals surface area contributed by atoms with E-state index in [-0.39, 0.29) is 11.5 Å². The first-order valence-corrected chi connectivity index (χ1v) is 15.4. The van der Waals surface area contributed by atoms with E-state index < -0.39 is 6.04 Å². The molecular weight excluding hydrogens is 768 g/mol. The molecule has 0 spiro atoms.